The molecule has 0 aliphatic carbocycles. The first kappa shape index (κ1) is 13.4. The number of hydrogen-bond acceptors (Lipinski definition) is 4. The van der Waals surface area contributed by atoms with E-state index in [9.17, 15) is 8.42 Å². The quantitative estimate of drug-likeness (QED) is 0.786. The Labute approximate surface area is 100 Å². The van der Waals surface area contributed by atoms with Gasteiger partial charge in [-0.25, -0.2) is 8.42 Å². The molecular formula is C10H16N2O2S2. The minimum Gasteiger partial charge on any atom is -0.326 e. The molecule has 0 atom stereocenters. The Morgan fingerprint density at radius 3 is 2.69 bits per heavy atom. The molecule has 16 heavy (non-hydrogen) atoms. The number of rotatable bonds is 6. The Kier molecular flexibility index (Phi) is 4.67. The minimum absolute atomic E-state index is 0.328. The molecule has 2 N–H and O–H groups in total. The van der Waals surface area contributed by atoms with Crippen molar-refractivity contribution in [2.75, 3.05) is 13.1 Å². The number of nitrogens with zero attached hydrogens (tertiary/aromatic N) is 1. The van der Waals surface area contributed by atoms with Crippen LogP contribution in [0.5, 0.6) is 0 Å². The van der Waals surface area contributed by atoms with Gasteiger partial charge in [-0.2, -0.15) is 4.31 Å². The molecule has 1 heterocycles. The average Bonchev–Trinajstić information content (AvgIpc) is 2.74. The van der Waals surface area contributed by atoms with Crippen molar-refractivity contribution >= 4 is 21.4 Å². The van der Waals surface area contributed by atoms with Gasteiger partial charge in [0.15, 0.2) is 0 Å². The molecule has 0 unspecified atom stereocenters. The van der Waals surface area contributed by atoms with Crippen molar-refractivity contribution in [3.8, 4) is 0 Å². The normalized spacial score (nSPS) is 11.9. The van der Waals surface area contributed by atoms with Crippen LogP contribution in [0, 0.1) is 0 Å². The van der Waals surface area contributed by atoms with Crippen molar-refractivity contribution in [3.05, 3.63) is 29.7 Å². The number of thiophene rings is 1. The summed E-state index contributed by atoms with van der Waals surface area (Å²) in [5.41, 5.74) is 5.46. The van der Waals surface area contributed by atoms with E-state index in [-0.39, 0.29) is 0 Å². The molecule has 0 bridgehead atoms. The smallest absolute Gasteiger partial charge is 0.252 e. The molecule has 0 saturated carbocycles. The topological polar surface area (TPSA) is 63.4 Å². The molecule has 6 heteroatoms. The average molecular weight is 260 g/mol. The van der Waals surface area contributed by atoms with Gasteiger partial charge in [-0.05, 0) is 12.1 Å². The lowest BCUT2D eigenvalue weighted by Crippen LogP contribution is -2.30. The van der Waals surface area contributed by atoms with E-state index in [0.29, 0.717) is 23.8 Å². The first-order valence-electron chi connectivity index (χ1n) is 4.96. The van der Waals surface area contributed by atoms with Gasteiger partial charge in [0.05, 0.1) is 0 Å². The van der Waals surface area contributed by atoms with Crippen LogP contribution in [0.2, 0.25) is 0 Å². The molecule has 0 aliphatic rings. The number of likely N-dealkylation sites (N-methyl/N-ethyl adjacent to an activating group) is 1. The highest BCUT2D eigenvalue weighted by Crippen LogP contribution is 2.24. The SMILES string of the molecule is C=CCN(CC)S(=O)(=O)c1ccc(CN)s1. The predicted molar refractivity (Wildman–Crippen MR) is 66.8 cm³/mol. The van der Waals surface area contributed by atoms with Crippen molar-refractivity contribution in [1.82, 2.24) is 4.31 Å². The summed E-state index contributed by atoms with van der Waals surface area (Å²) in [6.07, 6.45) is 1.58. The molecule has 1 aromatic rings. The number of hydrogen-bond donors (Lipinski definition) is 1. The van der Waals surface area contributed by atoms with E-state index in [0.717, 1.165) is 4.88 Å². The second kappa shape index (κ2) is 5.58. The summed E-state index contributed by atoms with van der Waals surface area (Å²) in [7, 11) is -3.38. The van der Waals surface area contributed by atoms with E-state index in [1.165, 1.54) is 15.6 Å². The van der Waals surface area contributed by atoms with Crippen molar-refractivity contribution in [3.63, 3.8) is 0 Å². The van der Waals surface area contributed by atoms with E-state index in [1.807, 2.05) is 0 Å². The molecule has 1 rings (SSSR count). The zero-order valence-corrected chi connectivity index (χ0v) is 10.9. The molecule has 0 amide bonds. The fourth-order valence-corrected chi connectivity index (χ4v) is 4.08. The van der Waals surface area contributed by atoms with Crippen LogP contribution < -0.4 is 5.73 Å². The zero-order valence-electron chi connectivity index (χ0n) is 9.22. The molecule has 0 fully saturated rings. The maximum Gasteiger partial charge on any atom is 0.252 e. The Hall–Kier alpha value is -0.690. The second-order valence-corrected chi connectivity index (χ2v) is 6.50. The maximum atomic E-state index is 12.1. The first-order valence-corrected chi connectivity index (χ1v) is 7.21. The molecule has 0 spiro atoms. The van der Waals surface area contributed by atoms with Gasteiger partial charge in [0.2, 0.25) is 0 Å². The highest BCUT2D eigenvalue weighted by Gasteiger charge is 2.23. The third-order valence-corrected chi connectivity index (χ3v) is 5.63. The van der Waals surface area contributed by atoms with Gasteiger partial charge < -0.3 is 5.73 Å². The maximum absolute atomic E-state index is 12.1. The van der Waals surface area contributed by atoms with Crippen LogP contribution in [-0.2, 0) is 16.6 Å². The van der Waals surface area contributed by atoms with Crippen LogP contribution in [0.4, 0.5) is 0 Å². The van der Waals surface area contributed by atoms with Crippen LogP contribution in [0.25, 0.3) is 0 Å². The van der Waals surface area contributed by atoms with E-state index in [4.69, 9.17) is 5.73 Å². The third kappa shape index (κ3) is 2.70. The molecule has 0 saturated heterocycles. The standard InChI is InChI=1S/C10H16N2O2S2/c1-3-7-12(4-2)16(13,14)10-6-5-9(8-11)15-10/h3,5-6H,1,4,7-8,11H2,2H3. The predicted octanol–water partition coefficient (Wildman–Crippen LogP) is 1.40. The lowest BCUT2D eigenvalue weighted by atomic mass is 10.5. The Bertz CT molecular complexity index is 451. The van der Waals surface area contributed by atoms with E-state index < -0.39 is 10.0 Å². The Morgan fingerprint density at radius 1 is 1.56 bits per heavy atom. The Balaban J connectivity index is 3.04. The summed E-state index contributed by atoms with van der Waals surface area (Å²) >= 11 is 1.22. The summed E-state index contributed by atoms with van der Waals surface area (Å²) < 4.78 is 26.0. The summed E-state index contributed by atoms with van der Waals surface area (Å²) in [6.45, 7) is 6.49. The molecule has 0 radical (unpaired) electrons. The summed E-state index contributed by atoms with van der Waals surface area (Å²) in [6, 6.07) is 3.35. The highest BCUT2D eigenvalue weighted by molar-refractivity contribution is 7.91. The van der Waals surface area contributed by atoms with Crippen LogP contribution in [-0.4, -0.2) is 25.8 Å². The summed E-state index contributed by atoms with van der Waals surface area (Å²) in [4.78, 5) is 0.869. The largest absolute Gasteiger partial charge is 0.326 e. The monoisotopic (exact) mass is 260 g/mol. The van der Waals surface area contributed by atoms with Gasteiger partial charge in [-0.15, -0.1) is 17.9 Å². The molecule has 90 valence electrons. The van der Waals surface area contributed by atoms with Gasteiger partial charge in [0.25, 0.3) is 10.0 Å². The Morgan fingerprint density at radius 2 is 2.25 bits per heavy atom. The van der Waals surface area contributed by atoms with Crippen LogP contribution in [0.15, 0.2) is 29.0 Å². The van der Waals surface area contributed by atoms with Crippen LogP contribution >= 0.6 is 11.3 Å². The number of nitrogens with two attached hydrogens (primary N) is 1. The first-order chi connectivity index (χ1) is 7.56. The molecular weight excluding hydrogens is 244 g/mol. The van der Waals surface area contributed by atoms with Crippen molar-refractivity contribution < 1.29 is 8.42 Å². The minimum atomic E-state index is -3.38. The molecule has 1 aromatic heterocycles. The van der Waals surface area contributed by atoms with E-state index in [1.54, 1.807) is 25.1 Å². The lowest BCUT2D eigenvalue weighted by molar-refractivity contribution is 0.461. The van der Waals surface area contributed by atoms with Gasteiger partial charge in [0.1, 0.15) is 4.21 Å². The van der Waals surface area contributed by atoms with Crippen molar-refractivity contribution in [1.29, 1.82) is 0 Å². The van der Waals surface area contributed by atoms with Gasteiger partial charge in [0, 0.05) is 24.5 Å². The third-order valence-electron chi connectivity index (χ3n) is 2.12. The van der Waals surface area contributed by atoms with Crippen molar-refractivity contribution in [2.24, 2.45) is 5.73 Å². The highest BCUT2D eigenvalue weighted by atomic mass is 32.2. The second-order valence-electron chi connectivity index (χ2n) is 3.17. The van der Waals surface area contributed by atoms with E-state index >= 15 is 0 Å². The summed E-state index contributed by atoms with van der Waals surface area (Å²) in [5, 5.41) is 0. The fourth-order valence-electron chi connectivity index (χ4n) is 1.27. The van der Waals surface area contributed by atoms with Gasteiger partial charge in [-0.1, -0.05) is 13.0 Å². The molecule has 0 aromatic carbocycles. The summed E-state index contributed by atoms with van der Waals surface area (Å²) in [5.74, 6) is 0. The molecule has 0 aliphatic heterocycles. The van der Waals surface area contributed by atoms with Crippen LogP contribution in [0.1, 0.15) is 11.8 Å². The zero-order chi connectivity index (χ0) is 12.2. The van der Waals surface area contributed by atoms with Gasteiger partial charge in [-0.3, -0.25) is 0 Å². The lowest BCUT2D eigenvalue weighted by Gasteiger charge is -2.17. The fraction of sp³-hybridized carbons (Fsp3) is 0.400. The number of sulfonamides is 1. The van der Waals surface area contributed by atoms with Crippen molar-refractivity contribution in [2.45, 2.75) is 17.7 Å². The van der Waals surface area contributed by atoms with Gasteiger partial charge >= 0.3 is 0 Å². The molecule has 4 nitrogen and oxygen atoms in total. The van der Waals surface area contributed by atoms with E-state index in [2.05, 4.69) is 6.58 Å². The van der Waals surface area contributed by atoms with Crippen LogP contribution in [0.3, 0.4) is 0 Å².